The molecule has 0 atom stereocenters. The van der Waals surface area contributed by atoms with E-state index in [4.69, 9.17) is 0 Å². The van der Waals surface area contributed by atoms with Crippen LogP contribution in [0.5, 0.6) is 0 Å². The van der Waals surface area contributed by atoms with E-state index in [0.717, 1.165) is 21.1 Å². The summed E-state index contributed by atoms with van der Waals surface area (Å²) < 4.78 is 0. The molecule has 8 aromatic rings. The molecule has 2 aromatic heterocycles. The first-order chi connectivity index (χ1) is 19.8. The average Bonchev–Trinajstić information content (AvgIpc) is 3.77. The number of hydrogen-bond acceptors (Lipinski definition) is 4. The Hall–Kier alpha value is -4.64. The summed E-state index contributed by atoms with van der Waals surface area (Å²) in [7, 11) is 0. The van der Waals surface area contributed by atoms with Crippen molar-refractivity contribution >= 4 is 55.0 Å². The lowest BCUT2D eigenvalue weighted by Gasteiger charge is -2.14. The third kappa shape index (κ3) is 3.92. The predicted octanol–water partition coefficient (Wildman–Crippen LogP) is 10.7. The second-order valence-electron chi connectivity index (χ2n) is 9.90. The Morgan fingerprint density at radius 1 is 0.350 bits per heavy atom. The Morgan fingerprint density at radius 2 is 0.775 bits per heavy atom. The molecule has 0 spiro atoms. The monoisotopic (exact) mass is 546 g/mol. The van der Waals surface area contributed by atoms with E-state index in [1.807, 2.05) is 23.2 Å². The minimum Gasteiger partial charge on any atom is -0.245 e. The van der Waals surface area contributed by atoms with Crippen molar-refractivity contribution < 1.29 is 0 Å². The smallest absolute Gasteiger partial charge is 0.123 e. The van der Waals surface area contributed by atoms with Gasteiger partial charge in [-0.15, -0.1) is 22.7 Å². The van der Waals surface area contributed by atoms with Gasteiger partial charge in [0.05, 0.1) is 0 Å². The van der Waals surface area contributed by atoms with E-state index in [2.05, 4.69) is 119 Å². The van der Waals surface area contributed by atoms with E-state index in [1.54, 1.807) is 22.7 Å². The molecule has 0 aliphatic carbocycles. The molecule has 0 radical (unpaired) electrons. The molecule has 0 saturated carbocycles. The summed E-state index contributed by atoms with van der Waals surface area (Å²) >= 11 is 3.34. The van der Waals surface area contributed by atoms with E-state index in [1.165, 1.54) is 54.6 Å². The van der Waals surface area contributed by atoms with Crippen LogP contribution in [0.4, 0.5) is 0 Å². The molecular weight excluding hydrogens is 525 g/mol. The van der Waals surface area contributed by atoms with E-state index < -0.39 is 0 Å². The lowest BCUT2D eigenvalue weighted by molar-refractivity contribution is 1.41. The summed E-state index contributed by atoms with van der Waals surface area (Å²) in [5, 5.41) is 13.8. The van der Waals surface area contributed by atoms with Gasteiger partial charge in [0.25, 0.3) is 0 Å². The first-order valence-corrected chi connectivity index (χ1v) is 15.0. The van der Waals surface area contributed by atoms with E-state index in [0.29, 0.717) is 0 Å². The van der Waals surface area contributed by atoms with Gasteiger partial charge in [0.1, 0.15) is 10.0 Å². The molecule has 0 aliphatic heterocycles. The molecule has 0 unspecified atom stereocenters. The highest BCUT2D eigenvalue weighted by atomic mass is 32.1. The van der Waals surface area contributed by atoms with Gasteiger partial charge in [0.15, 0.2) is 0 Å². The Morgan fingerprint density at radius 3 is 1.23 bits per heavy atom. The second-order valence-corrected chi connectivity index (χ2v) is 11.7. The Labute approximate surface area is 239 Å². The Balaban J connectivity index is 1.35. The van der Waals surface area contributed by atoms with Crippen LogP contribution in [0.15, 0.2) is 132 Å². The fourth-order valence-corrected chi connectivity index (χ4v) is 6.98. The van der Waals surface area contributed by atoms with Crippen molar-refractivity contribution in [3.63, 3.8) is 0 Å². The molecule has 0 bridgehead atoms. The topological polar surface area (TPSA) is 25.8 Å². The summed E-state index contributed by atoms with van der Waals surface area (Å²) in [6.45, 7) is 0. The van der Waals surface area contributed by atoms with Crippen molar-refractivity contribution in [3.05, 3.63) is 132 Å². The highest BCUT2D eigenvalue weighted by Gasteiger charge is 2.12. The molecule has 188 valence electrons. The van der Waals surface area contributed by atoms with Crippen molar-refractivity contribution in [3.8, 4) is 43.4 Å². The molecule has 0 saturated heterocycles. The standard InChI is InChI=1S/C36H22N2S2/c1-2-10-30-29(9-1)31-13-11-25(23-5-3-7-27(19-23)35-37-15-17-39-35)21-33(31)34-22-26(12-14-32(30)34)24-6-4-8-28(20-24)36-38-16-18-40-36/h1-22H. The van der Waals surface area contributed by atoms with Crippen LogP contribution >= 0.6 is 22.7 Å². The number of thiazole rings is 2. The minimum absolute atomic E-state index is 1.05. The maximum atomic E-state index is 4.52. The van der Waals surface area contributed by atoms with Crippen LogP contribution in [0.2, 0.25) is 0 Å². The minimum atomic E-state index is 1.05. The third-order valence-corrected chi connectivity index (χ3v) is 9.23. The number of aromatic nitrogens is 2. The van der Waals surface area contributed by atoms with E-state index in [9.17, 15) is 0 Å². The fourth-order valence-electron chi connectivity index (χ4n) is 5.71. The Kier molecular flexibility index (Phi) is 5.54. The first-order valence-electron chi connectivity index (χ1n) is 13.2. The second kappa shape index (κ2) is 9.53. The number of hydrogen-bond donors (Lipinski definition) is 0. The zero-order chi connectivity index (χ0) is 26.5. The fraction of sp³-hybridized carbons (Fsp3) is 0. The van der Waals surface area contributed by atoms with Crippen LogP contribution in [0, 0.1) is 0 Å². The molecule has 2 heterocycles. The van der Waals surface area contributed by atoms with Gasteiger partial charge in [-0.05, 0) is 78.8 Å². The molecule has 2 nitrogen and oxygen atoms in total. The molecular formula is C36H22N2S2. The highest BCUT2D eigenvalue weighted by Crippen LogP contribution is 2.40. The van der Waals surface area contributed by atoms with Crippen molar-refractivity contribution in [2.45, 2.75) is 0 Å². The molecule has 6 aromatic carbocycles. The maximum absolute atomic E-state index is 4.52. The van der Waals surface area contributed by atoms with Crippen LogP contribution < -0.4 is 0 Å². The molecule has 0 aliphatic rings. The predicted molar refractivity (Wildman–Crippen MR) is 172 cm³/mol. The van der Waals surface area contributed by atoms with Gasteiger partial charge < -0.3 is 0 Å². The van der Waals surface area contributed by atoms with E-state index >= 15 is 0 Å². The van der Waals surface area contributed by atoms with Gasteiger partial charge in [-0.25, -0.2) is 9.97 Å². The summed E-state index contributed by atoms with van der Waals surface area (Å²) in [5.41, 5.74) is 7.11. The third-order valence-electron chi connectivity index (χ3n) is 7.59. The van der Waals surface area contributed by atoms with Crippen molar-refractivity contribution in [2.75, 3.05) is 0 Å². The molecule has 8 rings (SSSR count). The first kappa shape index (κ1) is 23.3. The SMILES string of the molecule is c1cc(-c2ccc3c4ccccc4c4ccc(-c5cccc(-c6nccs6)c5)cc4c3c2)cc(-c2nccs2)c1. The lowest BCUT2D eigenvalue weighted by Crippen LogP contribution is -1.87. The number of benzene rings is 6. The molecule has 4 heteroatoms. The van der Waals surface area contributed by atoms with Gasteiger partial charge >= 0.3 is 0 Å². The highest BCUT2D eigenvalue weighted by molar-refractivity contribution is 7.13. The quantitative estimate of drug-likeness (QED) is 0.205. The van der Waals surface area contributed by atoms with Gasteiger partial charge in [-0.3, -0.25) is 0 Å². The molecule has 40 heavy (non-hydrogen) atoms. The van der Waals surface area contributed by atoms with Crippen LogP contribution in [0.25, 0.3) is 75.7 Å². The summed E-state index contributed by atoms with van der Waals surface area (Å²) in [5.74, 6) is 0. The van der Waals surface area contributed by atoms with Gasteiger partial charge in [-0.2, -0.15) is 0 Å². The Bertz CT molecular complexity index is 2000. The number of rotatable bonds is 4. The van der Waals surface area contributed by atoms with Gasteiger partial charge in [-0.1, -0.05) is 84.9 Å². The molecule has 0 fully saturated rings. The largest absolute Gasteiger partial charge is 0.245 e. The lowest BCUT2D eigenvalue weighted by atomic mass is 9.90. The van der Waals surface area contributed by atoms with Crippen molar-refractivity contribution in [1.29, 1.82) is 0 Å². The van der Waals surface area contributed by atoms with Crippen LogP contribution in [-0.4, -0.2) is 9.97 Å². The summed E-state index contributed by atoms with van der Waals surface area (Å²) in [6.07, 6.45) is 3.73. The van der Waals surface area contributed by atoms with E-state index in [-0.39, 0.29) is 0 Å². The summed E-state index contributed by atoms with van der Waals surface area (Å²) in [6, 6.07) is 40.0. The van der Waals surface area contributed by atoms with Crippen LogP contribution in [0.3, 0.4) is 0 Å². The zero-order valence-electron chi connectivity index (χ0n) is 21.4. The molecule has 0 amide bonds. The number of nitrogens with zero attached hydrogens (tertiary/aromatic N) is 2. The summed E-state index contributed by atoms with van der Waals surface area (Å²) in [4.78, 5) is 9.04. The van der Waals surface area contributed by atoms with Crippen LogP contribution in [0.1, 0.15) is 0 Å². The van der Waals surface area contributed by atoms with Crippen molar-refractivity contribution in [1.82, 2.24) is 9.97 Å². The van der Waals surface area contributed by atoms with Gasteiger partial charge in [0, 0.05) is 34.3 Å². The zero-order valence-corrected chi connectivity index (χ0v) is 23.0. The van der Waals surface area contributed by atoms with Crippen molar-refractivity contribution in [2.24, 2.45) is 0 Å². The van der Waals surface area contributed by atoms with Gasteiger partial charge in [0.2, 0.25) is 0 Å². The average molecular weight is 547 g/mol. The number of fused-ring (bicyclic) bond motifs is 6. The maximum Gasteiger partial charge on any atom is 0.123 e. The normalized spacial score (nSPS) is 11.5. The van der Waals surface area contributed by atoms with Crippen LogP contribution in [-0.2, 0) is 0 Å². The molecule has 0 N–H and O–H groups in total.